The van der Waals surface area contributed by atoms with Crippen LogP contribution in [0.5, 0.6) is 0 Å². The van der Waals surface area contributed by atoms with Gasteiger partial charge in [-0.05, 0) is 5.92 Å². The van der Waals surface area contributed by atoms with Gasteiger partial charge in [0, 0.05) is 10.8 Å². The molecular formula is C14H19N3O3S. The van der Waals surface area contributed by atoms with Gasteiger partial charge in [0.2, 0.25) is 16.9 Å². The molecule has 0 spiro atoms. The summed E-state index contributed by atoms with van der Waals surface area (Å²) in [5.74, 6) is -2.09. The highest BCUT2D eigenvalue weighted by atomic mass is 32.1. The van der Waals surface area contributed by atoms with Crippen LogP contribution in [0.4, 0.5) is 9.93 Å². The monoisotopic (exact) mass is 309 g/mol. The predicted octanol–water partition coefficient (Wildman–Crippen LogP) is 2.30. The van der Waals surface area contributed by atoms with E-state index in [1.165, 1.54) is 11.3 Å². The highest BCUT2D eigenvalue weighted by Gasteiger charge is 2.44. The van der Waals surface area contributed by atoms with Crippen LogP contribution in [0.15, 0.2) is 5.38 Å². The van der Waals surface area contributed by atoms with Gasteiger partial charge in [-0.3, -0.25) is 14.9 Å². The van der Waals surface area contributed by atoms with Gasteiger partial charge in [0.25, 0.3) is 0 Å². The second-order valence-electron chi connectivity index (χ2n) is 6.46. The van der Waals surface area contributed by atoms with Crippen molar-refractivity contribution < 1.29 is 14.4 Å². The Hall–Kier alpha value is -1.76. The smallest absolute Gasteiger partial charge is 0.277 e. The summed E-state index contributed by atoms with van der Waals surface area (Å²) < 4.78 is 0. The van der Waals surface area contributed by atoms with Gasteiger partial charge >= 0.3 is 6.03 Å². The van der Waals surface area contributed by atoms with E-state index in [1.807, 2.05) is 26.2 Å². The third kappa shape index (κ3) is 2.83. The molecule has 1 aliphatic rings. The van der Waals surface area contributed by atoms with E-state index in [1.54, 1.807) is 13.8 Å². The minimum Gasteiger partial charge on any atom is -0.277 e. The van der Waals surface area contributed by atoms with Crippen LogP contribution in [0.2, 0.25) is 0 Å². The fraction of sp³-hybridized carbons (Fsp3) is 0.571. The number of carbonyl (C=O) groups excluding carboxylic acids is 3. The summed E-state index contributed by atoms with van der Waals surface area (Å²) in [5.41, 5.74) is 0.637. The second-order valence-corrected chi connectivity index (χ2v) is 7.29. The second kappa shape index (κ2) is 5.22. The zero-order valence-corrected chi connectivity index (χ0v) is 13.6. The van der Waals surface area contributed by atoms with E-state index in [2.05, 4.69) is 10.3 Å². The summed E-state index contributed by atoms with van der Waals surface area (Å²) in [4.78, 5) is 41.6. The zero-order valence-electron chi connectivity index (χ0n) is 12.8. The number of urea groups is 1. The maximum atomic E-state index is 12.5. The van der Waals surface area contributed by atoms with E-state index in [9.17, 15) is 14.4 Å². The average molecular weight is 309 g/mol. The molecule has 1 aromatic heterocycles. The fourth-order valence-electron chi connectivity index (χ4n) is 2.07. The van der Waals surface area contributed by atoms with Crippen molar-refractivity contribution in [1.82, 2.24) is 10.3 Å². The molecule has 0 aromatic carbocycles. The molecule has 1 saturated heterocycles. The number of nitrogens with zero attached hydrogens (tertiary/aromatic N) is 2. The van der Waals surface area contributed by atoms with Crippen LogP contribution in [0.3, 0.4) is 0 Å². The van der Waals surface area contributed by atoms with E-state index in [0.29, 0.717) is 5.13 Å². The van der Waals surface area contributed by atoms with Crippen molar-refractivity contribution in [3.63, 3.8) is 0 Å². The van der Waals surface area contributed by atoms with Crippen molar-refractivity contribution in [2.24, 2.45) is 11.8 Å². The zero-order chi connectivity index (χ0) is 15.9. The van der Waals surface area contributed by atoms with Crippen molar-refractivity contribution in [2.45, 2.75) is 40.0 Å². The predicted molar refractivity (Wildman–Crippen MR) is 80.2 cm³/mol. The lowest BCUT2D eigenvalue weighted by Gasteiger charge is -2.30. The third-order valence-electron chi connectivity index (χ3n) is 3.32. The lowest BCUT2D eigenvalue weighted by molar-refractivity contribution is -0.136. The van der Waals surface area contributed by atoms with Crippen LogP contribution < -0.4 is 10.2 Å². The molecule has 1 atom stereocenters. The number of aromatic nitrogens is 1. The number of hydrogen-bond acceptors (Lipinski definition) is 5. The van der Waals surface area contributed by atoms with Crippen molar-refractivity contribution in [3.05, 3.63) is 11.1 Å². The molecule has 1 aromatic rings. The number of barbiturate groups is 1. The first-order valence-electron chi connectivity index (χ1n) is 6.77. The summed E-state index contributed by atoms with van der Waals surface area (Å²) in [7, 11) is 0. The Balaban J connectivity index is 2.38. The Morgan fingerprint density at radius 1 is 1.29 bits per heavy atom. The molecule has 0 bridgehead atoms. The van der Waals surface area contributed by atoms with Gasteiger partial charge in [-0.1, -0.05) is 34.6 Å². The molecule has 4 amide bonds. The van der Waals surface area contributed by atoms with Gasteiger partial charge in [-0.25, -0.2) is 14.7 Å². The van der Waals surface area contributed by atoms with Crippen molar-refractivity contribution in [3.8, 4) is 0 Å². The maximum absolute atomic E-state index is 12.5. The Bertz CT molecular complexity index is 601. The average Bonchev–Trinajstić information content (AvgIpc) is 2.76. The van der Waals surface area contributed by atoms with Gasteiger partial charge in [0.05, 0.1) is 5.69 Å². The number of hydrogen-bond donors (Lipinski definition) is 1. The van der Waals surface area contributed by atoms with Gasteiger partial charge in [-0.2, -0.15) is 0 Å². The van der Waals surface area contributed by atoms with Crippen LogP contribution in [0, 0.1) is 11.8 Å². The molecule has 114 valence electrons. The van der Waals surface area contributed by atoms with Crippen LogP contribution >= 0.6 is 11.3 Å². The number of nitrogens with one attached hydrogen (secondary N) is 1. The Morgan fingerprint density at radius 3 is 2.38 bits per heavy atom. The summed E-state index contributed by atoms with van der Waals surface area (Å²) in [6.07, 6.45) is 0. The van der Waals surface area contributed by atoms with Gasteiger partial charge in [-0.15, -0.1) is 11.3 Å². The quantitative estimate of drug-likeness (QED) is 0.850. The van der Waals surface area contributed by atoms with E-state index in [4.69, 9.17) is 0 Å². The SMILES string of the molecule is CC(C)C1C(=O)NC(=O)N(c2nc(C(C)(C)C)cs2)C1=O. The van der Waals surface area contributed by atoms with E-state index in [0.717, 1.165) is 10.6 Å². The van der Waals surface area contributed by atoms with Gasteiger partial charge in [0.15, 0.2) is 0 Å². The standard InChI is InChI=1S/C14H19N3O3S/c1-7(2)9-10(18)16-12(20)17(11(9)19)13-15-8(6-21-13)14(3,4)5/h6-7,9H,1-5H3,(H,16,18,20). The van der Waals surface area contributed by atoms with Crippen LogP contribution in [-0.2, 0) is 15.0 Å². The van der Waals surface area contributed by atoms with E-state index in [-0.39, 0.29) is 11.3 Å². The van der Waals surface area contributed by atoms with E-state index < -0.39 is 23.8 Å². The molecular weight excluding hydrogens is 290 g/mol. The number of imide groups is 2. The molecule has 1 unspecified atom stereocenters. The Kier molecular flexibility index (Phi) is 3.88. The number of thiazole rings is 1. The largest absolute Gasteiger partial charge is 0.337 e. The van der Waals surface area contributed by atoms with Gasteiger partial charge in [0.1, 0.15) is 5.92 Å². The molecule has 0 radical (unpaired) electrons. The molecule has 21 heavy (non-hydrogen) atoms. The summed E-state index contributed by atoms with van der Waals surface area (Å²) in [6, 6.07) is -0.725. The number of anilines is 1. The first-order valence-corrected chi connectivity index (χ1v) is 7.65. The number of amides is 4. The topological polar surface area (TPSA) is 79.4 Å². The first kappa shape index (κ1) is 15.6. The summed E-state index contributed by atoms with van der Waals surface area (Å²) in [6.45, 7) is 9.57. The normalized spacial score (nSPS) is 20.2. The Labute approximate surface area is 127 Å². The van der Waals surface area contributed by atoms with Gasteiger partial charge < -0.3 is 0 Å². The highest BCUT2D eigenvalue weighted by Crippen LogP contribution is 2.31. The summed E-state index contributed by atoms with van der Waals surface area (Å²) in [5, 5.41) is 4.37. The van der Waals surface area contributed by atoms with Crippen LogP contribution in [-0.4, -0.2) is 22.8 Å². The van der Waals surface area contributed by atoms with Crippen LogP contribution in [0.1, 0.15) is 40.3 Å². The lowest BCUT2D eigenvalue weighted by Crippen LogP contribution is -2.59. The molecule has 1 fully saturated rings. The van der Waals surface area contributed by atoms with E-state index >= 15 is 0 Å². The molecule has 0 saturated carbocycles. The van der Waals surface area contributed by atoms with Crippen molar-refractivity contribution in [1.29, 1.82) is 0 Å². The summed E-state index contributed by atoms with van der Waals surface area (Å²) >= 11 is 1.23. The fourth-order valence-corrected chi connectivity index (χ4v) is 3.12. The molecule has 0 aliphatic carbocycles. The first-order chi connectivity index (χ1) is 9.62. The highest BCUT2D eigenvalue weighted by molar-refractivity contribution is 7.14. The molecule has 1 aliphatic heterocycles. The van der Waals surface area contributed by atoms with Crippen LogP contribution in [0.25, 0.3) is 0 Å². The third-order valence-corrected chi connectivity index (χ3v) is 4.15. The minimum absolute atomic E-state index is 0.169. The number of rotatable bonds is 2. The maximum Gasteiger partial charge on any atom is 0.337 e. The molecule has 1 N–H and O–H groups in total. The van der Waals surface area contributed by atoms with Crippen molar-refractivity contribution >= 4 is 34.3 Å². The number of carbonyl (C=O) groups is 3. The Morgan fingerprint density at radius 2 is 1.90 bits per heavy atom. The minimum atomic E-state index is -0.857. The molecule has 6 nitrogen and oxygen atoms in total. The molecule has 2 rings (SSSR count). The molecule has 7 heteroatoms. The lowest BCUT2D eigenvalue weighted by atomic mass is 9.92. The van der Waals surface area contributed by atoms with Crippen molar-refractivity contribution in [2.75, 3.05) is 4.90 Å². The molecule has 2 heterocycles.